The summed E-state index contributed by atoms with van der Waals surface area (Å²) in [5.74, 6) is 2.61. The summed E-state index contributed by atoms with van der Waals surface area (Å²) in [5, 5.41) is 6.26. The maximum Gasteiger partial charge on any atom is 0.224 e. The Balaban J connectivity index is 1.46. The van der Waals surface area contributed by atoms with Crippen LogP contribution in [0.1, 0.15) is 36.2 Å². The van der Waals surface area contributed by atoms with Crippen molar-refractivity contribution >= 4 is 17.5 Å². The Labute approximate surface area is 161 Å². The van der Waals surface area contributed by atoms with Gasteiger partial charge in [-0.05, 0) is 38.7 Å². The predicted molar refractivity (Wildman–Crippen MR) is 109 cm³/mol. The topological polar surface area (TPSA) is 70.2 Å². The van der Waals surface area contributed by atoms with E-state index in [9.17, 15) is 4.79 Å². The first-order chi connectivity index (χ1) is 13.1. The minimum atomic E-state index is 0.0373. The van der Waals surface area contributed by atoms with E-state index in [4.69, 9.17) is 0 Å². The number of hydrogen-bond donors (Lipinski definition) is 2. The largest absolute Gasteiger partial charge is 0.368 e. The molecule has 0 bridgehead atoms. The van der Waals surface area contributed by atoms with E-state index in [0.29, 0.717) is 19.5 Å². The number of aromatic nitrogens is 2. The maximum absolute atomic E-state index is 12.1. The molecule has 27 heavy (non-hydrogen) atoms. The number of benzene rings is 1. The van der Waals surface area contributed by atoms with Crippen LogP contribution in [-0.4, -0.2) is 42.1 Å². The van der Waals surface area contributed by atoms with Crippen molar-refractivity contribution in [3.8, 4) is 0 Å². The number of aryl methyl sites for hydroxylation is 2. The molecule has 1 aliphatic rings. The molecular weight excluding hydrogens is 338 g/mol. The van der Waals surface area contributed by atoms with Gasteiger partial charge in [-0.25, -0.2) is 9.97 Å². The molecule has 0 radical (unpaired) electrons. The summed E-state index contributed by atoms with van der Waals surface area (Å²) >= 11 is 0. The van der Waals surface area contributed by atoms with Crippen LogP contribution in [0.4, 0.5) is 11.6 Å². The highest BCUT2D eigenvalue weighted by Gasteiger charge is 2.13. The summed E-state index contributed by atoms with van der Waals surface area (Å²) in [6.45, 7) is 7.27. The first kappa shape index (κ1) is 19.1. The number of carbonyl (C=O) groups excluding carboxylic acids is 1. The molecule has 1 aliphatic heterocycles. The molecule has 0 saturated carbocycles. The lowest BCUT2D eigenvalue weighted by Gasteiger charge is -2.28. The molecule has 0 atom stereocenters. The molecule has 1 aromatic carbocycles. The number of carbonyl (C=O) groups is 1. The standard InChI is InChI=1S/C21H29N5O/c1-16-7-6-8-18(13-16)14-21(27)23-10-9-22-19-15-20(25-17(2)24-19)26-11-4-3-5-12-26/h6-8,13,15H,3-5,9-12,14H2,1-2H3,(H,23,27)(H,22,24,25). The molecule has 0 aliphatic carbocycles. The molecule has 0 unspecified atom stereocenters. The van der Waals surface area contributed by atoms with Crippen molar-refractivity contribution in [2.24, 2.45) is 0 Å². The van der Waals surface area contributed by atoms with Crippen LogP contribution in [0.5, 0.6) is 0 Å². The maximum atomic E-state index is 12.1. The van der Waals surface area contributed by atoms with Crippen LogP contribution in [0.3, 0.4) is 0 Å². The fourth-order valence-corrected chi connectivity index (χ4v) is 3.39. The third kappa shape index (κ3) is 5.94. The third-order valence-electron chi connectivity index (χ3n) is 4.70. The second kappa shape index (κ2) is 9.35. The first-order valence-corrected chi connectivity index (χ1v) is 9.77. The van der Waals surface area contributed by atoms with Crippen molar-refractivity contribution in [1.29, 1.82) is 0 Å². The summed E-state index contributed by atoms with van der Waals surface area (Å²) in [4.78, 5) is 23.4. The molecule has 1 fully saturated rings. The molecule has 1 amide bonds. The minimum absolute atomic E-state index is 0.0373. The second-order valence-electron chi connectivity index (χ2n) is 7.15. The van der Waals surface area contributed by atoms with Gasteiger partial charge in [-0.2, -0.15) is 0 Å². The molecular formula is C21H29N5O. The molecule has 2 heterocycles. The Bertz CT molecular complexity index is 771. The average molecular weight is 367 g/mol. The van der Waals surface area contributed by atoms with E-state index in [1.54, 1.807) is 0 Å². The van der Waals surface area contributed by atoms with Gasteiger partial charge in [0.25, 0.3) is 0 Å². The van der Waals surface area contributed by atoms with E-state index < -0.39 is 0 Å². The Morgan fingerprint density at radius 1 is 1.07 bits per heavy atom. The van der Waals surface area contributed by atoms with Crippen molar-refractivity contribution in [1.82, 2.24) is 15.3 Å². The van der Waals surface area contributed by atoms with Gasteiger partial charge in [-0.1, -0.05) is 29.8 Å². The highest BCUT2D eigenvalue weighted by atomic mass is 16.1. The van der Waals surface area contributed by atoms with E-state index in [1.807, 2.05) is 44.2 Å². The number of amides is 1. The summed E-state index contributed by atoms with van der Waals surface area (Å²) in [6, 6.07) is 10.1. The van der Waals surface area contributed by atoms with Crippen LogP contribution in [-0.2, 0) is 11.2 Å². The lowest BCUT2D eigenvalue weighted by molar-refractivity contribution is -0.120. The summed E-state index contributed by atoms with van der Waals surface area (Å²) < 4.78 is 0. The van der Waals surface area contributed by atoms with Crippen LogP contribution in [0, 0.1) is 13.8 Å². The van der Waals surface area contributed by atoms with Gasteiger partial charge < -0.3 is 15.5 Å². The van der Waals surface area contributed by atoms with E-state index in [1.165, 1.54) is 24.8 Å². The van der Waals surface area contributed by atoms with Crippen LogP contribution in [0.2, 0.25) is 0 Å². The zero-order valence-corrected chi connectivity index (χ0v) is 16.3. The quantitative estimate of drug-likeness (QED) is 0.737. The van der Waals surface area contributed by atoms with E-state index in [2.05, 4.69) is 25.5 Å². The monoisotopic (exact) mass is 367 g/mol. The van der Waals surface area contributed by atoms with Gasteiger partial charge in [0.2, 0.25) is 5.91 Å². The Kier molecular flexibility index (Phi) is 6.63. The normalized spacial score (nSPS) is 14.1. The van der Waals surface area contributed by atoms with Gasteiger partial charge in [0.1, 0.15) is 17.5 Å². The summed E-state index contributed by atoms with van der Waals surface area (Å²) in [6.07, 6.45) is 4.15. The Hall–Kier alpha value is -2.63. The van der Waals surface area contributed by atoms with Gasteiger partial charge >= 0.3 is 0 Å². The number of nitrogens with zero attached hydrogens (tertiary/aromatic N) is 3. The Morgan fingerprint density at radius 2 is 1.89 bits per heavy atom. The van der Waals surface area contributed by atoms with Crippen LogP contribution in [0.25, 0.3) is 0 Å². The number of anilines is 2. The van der Waals surface area contributed by atoms with Gasteiger partial charge in [0, 0.05) is 32.2 Å². The number of piperidine rings is 1. The SMILES string of the molecule is Cc1cccc(CC(=O)NCCNc2cc(N3CCCCC3)nc(C)n2)c1. The molecule has 2 aromatic rings. The Morgan fingerprint density at radius 3 is 2.67 bits per heavy atom. The fraction of sp³-hybridized carbons (Fsp3) is 0.476. The van der Waals surface area contributed by atoms with Crippen LogP contribution in [0.15, 0.2) is 30.3 Å². The van der Waals surface area contributed by atoms with Gasteiger partial charge in [0.15, 0.2) is 0 Å². The first-order valence-electron chi connectivity index (χ1n) is 9.77. The van der Waals surface area contributed by atoms with E-state index >= 15 is 0 Å². The van der Waals surface area contributed by atoms with E-state index in [0.717, 1.165) is 36.1 Å². The fourth-order valence-electron chi connectivity index (χ4n) is 3.39. The zero-order valence-electron chi connectivity index (χ0n) is 16.3. The van der Waals surface area contributed by atoms with Crippen molar-refractivity contribution in [3.63, 3.8) is 0 Å². The molecule has 0 spiro atoms. The van der Waals surface area contributed by atoms with Gasteiger partial charge in [0.05, 0.1) is 6.42 Å². The molecule has 6 heteroatoms. The van der Waals surface area contributed by atoms with Crippen LogP contribution >= 0.6 is 0 Å². The zero-order chi connectivity index (χ0) is 19.1. The molecule has 2 N–H and O–H groups in total. The minimum Gasteiger partial charge on any atom is -0.368 e. The molecule has 1 aromatic heterocycles. The summed E-state index contributed by atoms with van der Waals surface area (Å²) in [7, 11) is 0. The highest BCUT2D eigenvalue weighted by Crippen LogP contribution is 2.20. The molecule has 3 rings (SSSR count). The predicted octanol–water partition coefficient (Wildman–Crippen LogP) is 2.85. The van der Waals surface area contributed by atoms with Gasteiger partial charge in [-0.15, -0.1) is 0 Å². The van der Waals surface area contributed by atoms with Crippen molar-refractivity contribution in [2.45, 2.75) is 39.5 Å². The third-order valence-corrected chi connectivity index (χ3v) is 4.70. The number of hydrogen-bond acceptors (Lipinski definition) is 5. The summed E-state index contributed by atoms with van der Waals surface area (Å²) in [5.41, 5.74) is 2.21. The number of nitrogens with one attached hydrogen (secondary N) is 2. The van der Waals surface area contributed by atoms with Crippen molar-refractivity contribution in [3.05, 3.63) is 47.3 Å². The van der Waals surface area contributed by atoms with Gasteiger partial charge in [-0.3, -0.25) is 4.79 Å². The van der Waals surface area contributed by atoms with Crippen LogP contribution < -0.4 is 15.5 Å². The molecule has 6 nitrogen and oxygen atoms in total. The van der Waals surface area contributed by atoms with Crippen molar-refractivity contribution in [2.75, 3.05) is 36.4 Å². The lowest BCUT2D eigenvalue weighted by atomic mass is 10.1. The van der Waals surface area contributed by atoms with E-state index in [-0.39, 0.29) is 5.91 Å². The van der Waals surface area contributed by atoms with Crippen molar-refractivity contribution < 1.29 is 4.79 Å². The average Bonchev–Trinajstić information content (AvgIpc) is 2.65. The lowest BCUT2D eigenvalue weighted by Crippen LogP contribution is -2.31. The smallest absolute Gasteiger partial charge is 0.224 e. The number of rotatable bonds is 7. The highest BCUT2D eigenvalue weighted by molar-refractivity contribution is 5.78. The second-order valence-corrected chi connectivity index (χ2v) is 7.15. The molecule has 1 saturated heterocycles. The molecule has 144 valence electrons.